The Kier molecular flexibility index (Phi) is 1.48. The summed E-state index contributed by atoms with van der Waals surface area (Å²) in [6, 6.07) is 0. The van der Waals surface area contributed by atoms with Crippen LogP contribution in [0.1, 0.15) is 40.2 Å². The minimum atomic E-state index is -2.58. The van der Waals surface area contributed by atoms with Gasteiger partial charge in [-0.3, -0.25) is 9.97 Å². The maximum absolute atomic E-state index is 7.84. The van der Waals surface area contributed by atoms with Gasteiger partial charge in [-0.05, 0) is 34.5 Å². The molecule has 0 radical (unpaired) electrons. The molecule has 1 aromatic rings. The van der Waals surface area contributed by atoms with Gasteiger partial charge in [0.05, 0.1) is 25.2 Å². The summed E-state index contributed by atoms with van der Waals surface area (Å²) in [6.07, 6.45) is -0.841. The zero-order chi connectivity index (χ0) is 16.2. The van der Waals surface area contributed by atoms with Gasteiger partial charge in [0.15, 0.2) is 0 Å². The van der Waals surface area contributed by atoms with Crippen molar-refractivity contribution in [2.75, 3.05) is 0 Å². The van der Waals surface area contributed by atoms with E-state index in [0.29, 0.717) is 0 Å². The van der Waals surface area contributed by atoms with Crippen LogP contribution < -0.4 is 5.59 Å². The van der Waals surface area contributed by atoms with Gasteiger partial charge < -0.3 is 9.31 Å². The van der Waals surface area contributed by atoms with Crippen LogP contribution in [0.4, 0.5) is 0 Å². The number of nitrogens with zero attached hydrogens (tertiary/aromatic N) is 2. The Morgan fingerprint density at radius 2 is 1.81 bits per heavy atom. The van der Waals surface area contributed by atoms with Gasteiger partial charge in [0.2, 0.25) is 0 Å². The predicted octanol–water partition coefficient (Wildman–Crippen LogP) is 1.08. The molecule has 1 aliphatic heterocycles. The highest BCUT2D eigenvalue weighted by atomic mass is 16.7. The van der Waals surface area contributed by atoms with Crippen molar-refractivity contribution in [3.05, 3.63) is 18.0 Å². The molecule has 0 aliphatic carbocycles. The highest BCUT2D eigenvalue weighted by molar-refractivity contribution is 6.61. The largest absolute Gasteiger partial charge is 0.516 e. The van der Waals surface area contributed by atoms with E-state index in [-0.39, 0.29) is 11.8 Å². The summed E-state index contributed by atoms with van der Waals surface area (Å²) in [5, 5.41) is 0. The quantitative estimate of drug-likeness (QED) is 0.671. The molecule has 0 N–H and O–H groups in total. The Hall–Kier alpha value is -0.935. The summed E-state index contributed by atoms with van der Waals surface area (Å²) in [5.74, 6) is 0. The van der Waals surface area contributed by atoms with Crippen molar-refractivity contribution in [2.24, 2.45) is 0 Å². The molecule has 0 spiro atoms. The summed E-state index contributed by atoms with van der Waals surface area (Å²) in [5.41, 5.74) is -1.70. The third-order valence-electron chi connectivity index (χ3n) is 3.04. The summed E-state index contributed by atoms with van der Waals surface area (Å²) in [4.78, 5) is 7.54. The molecule has 1 aromatic heterocycles. The molecule has 0 aromatic carbocycles. The second kappa shape index (κ2) is 3.53. The monoisotopic (exact) mass is 225 g/mol. The average molecular weight is 225 g/mol. The second-order valence-electron chi connectivity index (χ2n) is 4.77. The number of hydrogen-bond acceptors (Lipinski definition) is 4. The molecule has 2 rings (SSSR count). The van der Waals surface area contributed by atoms with Gasteiger partial charge in [-0.25, -0.2) is 0 Å². The van der Waals surface area contributed by atoms with Gasteiger partial charge >= 0.3 is 7.12 Å². The molecule has 86 valence electrons. The smallest absolute Gasteiger partial charge is 0.398 e. The highest BCUT2D eigenvalue weighted by Crippen LogP contribution is 2.36. The Labute approximate surface area is 104 Å². The maximum atomic E-state index is 7.84. The lowest BCUT2D eigenvalue weighted by molar-refractivity contribution is 0.00578. The van der Waals surface area contributed by atoms with Gasteiger partial charge in [-0.2, -0.15) is 0 Å². The highest BCUT2D eigenvalue weighted by Gasteiger charge is 2.52. The third-order valence-corrected chi connectivity index (χ3v) is 3.04. The fourth-order valence-corrected chi connectivity index (χ4v) is 1.34. The van der Waals surface area contributed by atoms with E-state index in [2.05, 4.69) is 9.97 Å². The van der Waals surface area contributed by atoms with Crippen molar-refractivity contribution < 1.29 is 16.2 Å². The van der Waals surface area contributed by atoms with Crippen LogP contribution >= 0.6 is 0 Å². The first-order valence-corrected chi connectivity index (χ1v) is 5.06. The average Bonchev–Trinajstić information content (AvgIpc) is 2.49. The molecule has 0 unspecified atom stereocenters. The van der Waals surface area contributed by atoms with Crippen molar-refractivity contribution in [3.8, 4) is 0 Å². The van der Waals surface area contributed by atoms with E-state index in [9.17, 15) is 0 Å². The van der Waals surface area contributed by atoms with Gasteiger partial charge in [0, 0.05) is 16.5 Å². The molecule has 0 saturated carbocycles. The molecule has 2 heterocycles. The number of aromatic nitrogens is 2. The normalized spacial score (nSPS) is 27.8. The van der Waals surface area contributed by atoms with Crippen molar-refractivity contribution in [3.63, 3.8) is 0 Å². The van der Waals surface area contributed by atoms with Crippen LogP contribution in [0.15, 0.2) is 12.3 Å². The van der Waals surface area contributed by atoms with Crippen molar-refractivity contribution >= 4 is 12.7 Å². The number of aryl methyl sites for hydroxylation is 1. The molecular formula is C11H17BN2O2. The molecule has 1 saturated heterocycles. The van der Waals surface area contributed by atoms with Crippen molar-refractivity contribution in [1.29, 1.82) is 0 Å². The molecule has 1 fully saturated rings. The molecule has 16 heavy (non-hydrogen) atoms. The first kappa shape index (κ1) is 6.72. The molecule has 4 nitrogen and oxygen atoms in total. The third kappa shape index (κ3) is 1.85. The van der Waals surface area contributed by atoms with Gasteiger partial charge in [0.25, 0.3) is 0 Å². The van der Waals surface area contributed by atoms with Gasteiger partial charge in [0.1, 0.15) is 0 Å². The lowest BCUT2D eigenvalue weighted by Gasteiger charge is -2.32. The number of hydrogen-bond donors (Lipinski definition) is 0. The topological polar surface area (TPSA) is 44.2 Å². The van der Waals surface area contributed by atoms with Crippen LogP contribution in [-0.4, -0.2) is 28.3 Å². The standard InChI is InChI=1S/C11H17BN2O2/c1-8-6-14-9(7-13-8)12-15-10(2,3)11(4,5)16-12/h6-7H,1-5H3/i1D3,6D,7D. The lowest BCUT2D eigenvalue weighted by atomic mass is 9.85. The zero-order valence-corrected chi connectivity index (χ0v) is 9.79. The Balaban J connectivity index is 2.42. The predicted molar refractivity (Wildman–Crippen MR) is 62.5 cm³/mol. The summed E-state index contributed by atoms with van der Waals surface area (Å²) in [7, 11) is -0.940. The van der Waals surface area contributed by atoms with Crippen LogP contribution in [0, 0.1) is 6.85 Å². The first-order valence-electron chi connectivity index (χ1n) is 7.56. The first-order chi connectivity index (χ1) is 9.35. The molecule has 0 atom stereocenters. The van der Waals surface area contributed by atoms with E-state index in [1.807, 2.05) is 27.7 Å². The van der Waals surface area contributed by atoms with E-state index in [1.165, 1.54) is 0 Å². The minimum Gasteiger partial charge on any atom is -0.398 e. The van der Waals surface area contributed by atoms with E-state index in [4.69, 9.17) is 16.2 Å². The summed E-state index contributed by atoms with van der Waals surface area (Å²) in [6.45, 7) is 4.82. The number of rotatable bonds is 1. The molecule has 1 aliphatic rings. The minimum absolute atomic E-state index is 0.0200. The Bertz CT molecular complexity index is 560. The fraction of sp³-hybridized carbons (Fsp3) is 0.636. The van der Waals surface area contributed by atoms with Crippen molar-refractivity contribution in [2.45, 2.75) is 45.7 Å². The van der Waals surface area contributed by atoms with Crippen LogP contribution in [0.3, 0.4) is 0 Å². The van der Waals surface area contributed by atoms with Crippen LogP contribution in [0.5, 0.6) is 0 Å². The second-order valence-corrected chi connectivity index (χ2v) is 4.77. The van der Waals surface area contributed by atoms with Crippen molar-refractivity contribution in [1.82, 2.24) is 9.97 Å². The van der Waals surface area contributed by atoms with Crippen LogP contribution in [0.2, 0.25) is 0 Å². The van der Waals surface area contributed by atoms with E-state index in [0.717, 1.165) is 0 Å². The van der Waals surface area contributed by atoms with Crippen LogP contribution in [-0.2, 0) is 9.31 Å². The molecule has 5 heteroatoms. The maximum Gasteiger partial charge on any atom is 0.516 e. The summed E-state index contributed by atoms with van der Waals surface area (Å²) < 4.78 is 48.9. The molecule has 0 bridgehead atoms. The van der Waals surface area contributed by atoms with E-state index < -0.39 is 37.0 Å². The van der Waals surface area contributed by atoms with E-state index in [1.54, 1.807) is 0 Å². The van der Waals surface area contributed by atoms with Crippen LogP contribution in [0.25, 0.3) is 0 Å². The molecule has 0 amide bonds. The van der Waals surface area contributed by atoms with E-state index >= 15 is 0 Å². The van der Waals surface area contributed by atoms with Gasteiger partial charge in [-0.15, -0.1) is 0 Å². The lowest BCUT2D eigenvalue weighted by Crippen LogP contribution is -2.41. The fourth-order valence-electron chi connectivity index (χ4n) is 1.34. The molecular weight excluding hydrogens is 203 g/mol. The zero-order valence-electron chi connectivity index (χ0n) is 14.8. The summed E-state index contributed by atoms with van der Waals surface area (Å²) >= 11 is 0. The van der Waals surface area contributed by atoms with Gasteiger partial charge in [-0.1, -0.05) is 0 Å². The SMILES string of the molecule is [2H]c1nc(C([2H])([2H])[2H])c([2H])nc1B1OC(C)(C)C(C)(C)O1. The Morgan fingerprint density at radius 3 is 2.38 bits per heavy atom. The Morgan fingerprint density at radius 1 is 1.19 bits per heavy atom.